The molecule has 0 aliphatic heterocycles. The number of hydrogen-bond donors (Lipinski definition) is 1. The van der Waals surface area contributed by atoms with Crippen molar-refractivity contribution in [2.24, 2.45) is 5.73 Å². The average Bonchev–Trinajstić information content (AvgIpc) is 2.74. The van der Waals surface area contributed by atoms with E-state index >= 15 is 0 Å². The zero-order valence-corrected chi connectivity index (χ0v) is 13.2. The summed E-state index contributed by atoms with van der Waals surface area (Å²) in [4.78, 5) is 1.30. The minimum Gasteiger partial charge on any atom is -0.323 e. The van der Waals surface area contributed by atoms with Crippen LogP contribution in [0.1, 0.15) is 69.2 Å². The zero-order chi connectivity index (χ0) is 12.5. The fourth-order valence-electron chi connectivity index (χ4n) is 2.02. The molecular weight excluding hydrogens is 294 g/mol. The lowest BCUT2D eigenvalue weighted by atomic mass is 10.0. The van der Waals surface area contributed by atoms with E-state index in [9.17, 15) is 0 Å². The van der Waals surface area contributed by atoms with Crippen molar-refractivity contribution in [1.82, 2.24) is 0 Å². The summed E-state index contributed by atoms with van der Waals surface area (Å²) >= 11 is 5.31. The second kappa shape index (κ2) is 9.12. The Labute approximate surface area is 118 Å². The Morgan fingerprint density at radius 2 is 1.82 bits per heavy atom. The highest BCUT2D eigenvalue weighted by molar-refractivity contribution is 9.10. The first-order valence-corrected chi connectivity index (χ1v) is 8.41. The van der Waals surface area contributed by atoms with Crippen LogP contribution in [0.5, 0.6) is 0 Å². The topological polar surface area (TPSA) is 26.0 Å². The Morgan fingerprint density at radius 1 is 1.18 bits per heavy atom. The van der Waals surface area contributed by atoms with Crippen molar-refractivity contribution in [3.05, 3.63) is 20.8 Å². The molecule has 1 aromatic heterocycles. The van der Waals surface area contributed by atoms with Gasteiger partial charge in [0.25, 0.3) is 0 Å². The van der Waals surface area contributed by atoms with E-state index < -0.39 is 0 Å². The maximum atomic E-state index is 6.18. The molecule has 0 spiro atoms. The Kier molecular flexibility index (Phi) is 8.15. The van der Waals surface area contributed by atoms with Gasteiger partial charge in [0.15, 0.2) is 0 Å². The Balaban J connectivity index is 2.05. The van der Waals surface area contributed by atoms with Crippen LogP contribution >= 0.6 is 27.3 Å². The van der Waals surface area contributed by atoms with Gasteiger partial charge in [0.2, 0.25) is 0 Å². The summed E-state index contributed by atoms with van der Waals surface area (Å²) in [5.74, 6) is 0. The third kappa shape index (κ3) is 6.03. The highest BCUT2D eigenvalue weighted by atomic mass is 79.9. The van der Waals surface area contributed by atoms with E-state index in [0.717, 1.165) is 6.42 Å². The number of hydrogen-bond acceptors (Lipinski definition) is 2. The summed E-state index contributed by atoms with van der Waals surface area (Å²) in [6.45, 7) is 2.26. The smallest absolute Gasteiger partial charge is 0.0401 e. The van der Waals surface area contributed by atoms with Crippen molar-refractivity contribution in [2.45, 2.75) is 64.3 Å². The summed E-state index contributed by atoms with van der Waals surface area (Å²) in [6.07, 6.45) is 10.6. The van der Waals surface area contributed by atoms with Gasteiger partial charge in [-0.3, -0.25) is 0 Å². The maximum absolute atomic E-state index is 6.18. The summed E-state index contributed by atoms with van der Waals surface area (Å²) < 4.78 is 1.18. The lowest BCUT2D eigenvalue weighted by Crippen LogP contribution is -2.08. The lowest BCUT2D eigenvalue weighted by molar-refractivity contribution is 0.543. The largest absolute Gasteiger partial charge is 0.323 e. The first-order chi connectivity index (χ1) is 8.25. The summed E-state index contributed by atoms with van der Waals surface area (Å²) in [7, 11) is 0. The van der Waals surface area contributed by atoms with E-state index in [1.54, 1.807) is 11.3 Å². The van der Waals surface area contributed by atoms with Gasteiger partial charge in [0, 0.05) is 15.4 Å². The van der Waals surface area contributed by atoms with Crippen molar-refractivity contribution >= 4 is 27.3 Å². The van der Waals surface area contributed by atoms with E-state index in [1.807, 2.05) is 0 Å². The number of rotatable bonds is 9. The van der Waals surface area contributed by atoms with Gasteiger partial charge in [-0.2, -0.15) is 0 Å². The van der Waals surface area contributed by atoms with Gasteiger partial charge >= 0.3 is 0 Å². The third-order valence-corrected chi connectivity index (χ3v) is 5.10. The molecule has 1 nitrogen and oxygen atoms in total. The zero-order valence-electron chi connectivity index (χ0n) is 10.8. The quantitative estimate of drug-likeness (QED) is 0.585. The Morgan fingerprint density at radius 3 is 2.41 bits per heavy atom. The molecule has 0 bridgehead atoms. The van der Waals surface area contributed by atoms with Gasteiger partial charge < -0.3 is 5.73 Å². The number of halogens is 1. The van der Waals surface area contributed by atoms with Crippen LogP contribution < -0.4 is 5.73 Å². The number of thiophene rings is 1. The van der Waals surface area contributed by atoms with E-state index in [0.29, 0.717) is 0 Å². The lowest BCUT2D eigenvalue weighted by Gasteiger charge is -2.10. The molecule has 1 unspecified atom stereocenters. The Hall–Kier alpha value is 0.140. The normalized spacial score (nSPS) is 12.9. The molecule has 0 aromatic carbocycles. The molecule has 0 amide bonds. The molecule has 0 radical (unpaired) electrons. The van der Waals surface area contributed by atoms with Gasteiger partial charge in [0.05, 0.1) is 0 Å². The molecule has 2 N–H and O–H groups in total. The molecule has 0 aliphatic carbocycles. The molecule has 1 atom stereocenters. The van der Waals surface area contributed by atoms with Gasteiger partial charge in [0.1, 0.15) is 0 Å². The van der Waals surface area contributed by atoms with Crippen LogP contribution in [0.4, 0.5) is 0 Å². The van der Waals surface area contributed by atoms with Crippen LogP contribution in [0, 0.1) is 0 Å². The van der Waals surface area contributed by atoms with Crippen LogP contribution in [-0.4, -0.2) is 0 Å². The highest BCUT2D eigenvalue weighted by Gasteiger charge is 2.10. The molecular formula is C14H24BrNS. The van der Waals surface area contributed by atoms with Crippen LogP contribution in [0.25, 0.3) is 0 Å². The predicted octanol–water partition coefficient (Wildman–Crippen LogP) is 5.65. The van der Waals surface area contributed by atoms with Crippen molar-refractivity contribution < 1.29 is 0 Å². The maximum Gasteiger partial charge on any atom is 0.0401 e. The van der Waals surface area contributed by atoms with Crippen LogP contribution in [0.3, 0.4) is 0 Å². The predicted molar refractivity (Wildman–Crippen MR) is 81.6 cm³/mol. The monoisotopic (exact) mass is 317 g/mol. The fourth-order valence-corrected chi connectivity index (χ4v) is 3.73. The van der Waals surface area contributed by atoms with Gasteiger partial charge in [-0.25, -0.2) is 0 Å². The second-order valence-corrected chi connectivity index (χ2v) is 6.45. The van der Waals surface area contributed by atoms with Gasteiger partial charge in [-0.1, -0.05) is 51.9 Å². The van der Waals surface area contributed by atoms with Gasteiger partial charge in [-0.15, -0.1) is 11.3 Å². The molecule has 17 heavy (non-hydrogen) atoms. The SMILES string of the molecule is CCCCCCCCCC(N)c1sccc1Br. The van der Waals surface area contributed by atoms with E-state index in [1.165, 1.54) is 54.3 Å². The number of unbranched alkanes of at least 4 members (excludes halogenated alkanes) is 6. The summed E-state index contributed by atoms with van der Waals surface area (Å²) in [6, 6.07) is 2.31. The second-order valence-electron chi connectivity index (χ2n) is 4.65. The Bertz CT molecular complexity index is 298. The molecule has 1 heterocycles. The van der Waals surface area contributed by atoms with Crippen molar-refractivity contribution in [3.8, 4) is 0 Å². The first kappa shape index (κ1) is 15.2. The number of nitrogens with two attached hydrogens (primary N) is 1. The molecule has 1 rings (SSSR count). The first-order valence-electron chi connectivity index (χ1n) is 6.74. The summed E-state index contributed by atoms with van der Waals surface area (Å²) in [5, 5.41) is 2.10. The van der Waals surface area contributed by atoms with E-state index in [-0.39, 0.29) is 6.04 Å². The van der Waals surface area contributed by atoms with Crippen molar-refractivity contribution in [1.29, 1.82) is 0 Å². The molecule has 0 fully saturated rings. The van der Waals surface area contributed by atoms with E-state index in [4.69, 9.17) is 5.73 Å². The molecule has 98 valence electrons. The fraction of sp³-hybridized carbons (Fsp3) is 0.714. The van der Waals surface area contributed by atoms with Crippen molar-refractivity contribution in [3.63, 3.8) is 0 Å². The average molecular weight is 318 g/mol. The van der Waals surface area contributed by atoms with Crippen LogP contribution in [0.2, 0.25) is 0 Å². The van der Waals surface area contributed by atoms with E-state index in [2.05, 4.69) is 34.3 Å². The highest BCUT2D eigenvalue weighted by Crippen LogP contribution is 2.30. The minimum absolute atomic E-state index is 0.222. The summed E-state index contributed by atoms with van der Waals surface area (Å²) in [5.41, 5.74) is 6.18. The van der Waals surface area contributed by atoms with Crippen molar-refractivity contribution in [2.75, 3.05) is 0 Å². The standard InChI is InChI=1S/C14H24BrNS/c1-2-3-4-5-6-7-8-9-13(16)14-12(15)10-11-17-14/h10-11,13H,2-9,16H2,1H3. The molecule has 0 saturated carbocycles. The third-order valence-electron chi connectivity index (χ3n) is 3.10. The molecule has 3 heteroatoms. The van der Waals surface area contributed by atoms with Gasteiger partial charge in [-0.05, 0) is 33.8 Å². The molecule has 0 saturated heterocycles. The minimum atomic E-state index is 0.222. The molecule has 1 aromatic rings. The van der Waals surface area contributed by atoms with Crippen LogP contribution in [0.15, 0.2) is 15.9 Å². The van der Waals surface area contributed by atoms with Crippen LogP contribution in [-0.2, 0) is 0 Å². The molecule has 0 aliphatic rings.